The molecule has 7 heteroatoms. The standard InChI is InChI=1S/C25H21FN2O4/c1-31-20-10-11-21(24(13-20)32-16-25(29)30)22-14-23(18-8-5-9-19(26)12-18)28(27-22)15-17-6-3-2-4-7-17/h2-14H,15-16H2,1H3,(H,29,30). The lowest BCUT2D eigenvalue weighted by Gasteiger charge is -2.10. The van der Waals surface area contributed by atoms with Crippen LogP contribution in [0.25, 0.3) is 22.5 Å². The number of carbonyl (C=O) groups is 1. The minimum atomic E-state index is -1.09. The van der Waals surface area contributed by atoms with Crippen LogP contribution in [0.3, 0.4) is 0 Å². The van der Waals surface area contributed by atoms with Crippen LogP contribution in [-0.2, 0) is 11.3 Å². The van der Waals surface area contributed by atoms with Crippen LogP contribution in [0.1, 0.15) is 5.56 Å². The number of carboxylic acids is 1. The fourth-order valence-electron chi connectivity index (χ4n) is 3.41. The molecule has 1 N–H and O–H groups in total. The Hall–Kier alpha value is -4.13. The number of ether oxygens (including phenoxy) is 2. The maximum Gasteiger partial charge on any atom is 0.341 e. The van der Waals surface area contributed by atoms with Gasteiger partial charge in [0.05, 0.1) is 25.0 Å². The van der Waals surface area contributed by atoms with Crippen LogP contribution in [0, 0.1) is 5.82 Å². The number of aliphatic carboxylic acids is 1. The van der Waals surface area contributed by atoms with Gasteiger partial charge in [0.15, 0.2) is 6.61 Å². The van der Waals surface area contributed by atoms with E-state index in [4.69, 9.17) is 19.7 Å². The molecule has 0 radical (unpaired) electrons. The topological polar surface area (TPSA) is 73.6 Å². The van der Waals surface area contributed by atoms with Crippen LogP contribution in [0.4, 0.5) is 4.39 Å². The van der Waals surface area contributed by atoms with Crippen LogP contribution in [0.5, 0.6) is 11.5 Å². The van der Waals surface area contributed by atoms with E-state index in [0.717, 1.165) is 11.3 Å². The smallest absolute Gasteiger partial charge is 0.341 e. The lowest BCUT2D eigenvalue weighted by molar-refractivity contribution is -0.139. The molecule has 0 aliphatic heterocycles. The summed E-state index contributed by atoms with van der Waals surface area (Å²) in [5.41, 5.74) is 3.63. The van der Waals surface area contributed by atoms with Gasteiger partial charge in [-0.3, -0.25) is 4.68 Å². The summed E-state index contributed by atoms with van der Waals surface area (Å²) in [5, 5.41) is 13.8. The van der Waals surface area contributed by atoms with Crippen LogP contribution in [-0.4, -0.2) is 34.6 Å². The van der Waals surface area contributed by atoms with E-state index in [9.17, 15) is 9.18 Å². The van der Waals surface area contributed by atoms with Gasteiger partial charge in [-0.2, -0.15) is 5.10 Å². The summed E-state index contributed by atoms with van der Waals surface area (Å²) in [6.07, 6.45) is 0. The number of rotatable bonds is 8. The van der Waals surface area contributed by atoms with Gasteiger partial charge in [0.1, 0.15) is 17.3 Å². The summed E-state index contributed by atoms with van der Waals surface area (Å²) in [7, 11) is 1.52. The first kappa shape index (κ1) is 21.1. The van der Waals surface area contributed by atoms with Gasteiger partial charge in [-0.25, -0.2) is 9.18 Å². The Kier molecular flexibility index (Phi) is 6.17. The number of carboxylic acid groups (broad SMARTS) is 1. The van der Waals surface area contributed by atoms with Gasteiger partial charge in [0.25, 0.3) is 0 Å². The second-order valence-electron chi connectivity index (χ2n) is 7.11. The average Bonchev–Trinajstić information content (AvgIpc) is 3.21. The number of hydrogen-bond acceptors (Lipinski definition) is 4. The highest BCUT2D eigenvalue weighted by atomic mass is 19.1. The van der Waals surface area contributed by atoms with Crippen molar-refractivity contribution < 1.29 is 23.8 Å². The molecule has 0 unspecified atom stereocenters. The maximum absolute atomic E-state index is 13.9. The third kappa shape index (κ3) is 4.78. The van der Waals surface area contributed by atoms with Gasteiger partial charge in [-0.15, -0.1) is 0 Å². The van der Waals surface area contributed by atoms with Crippen molar-refractivity contribution >= 4 is 5.97 Å². The Morgan fingerprint density at radius 3 is 2.56 bits per heavy atom. The lowest BCUT2D eigenvalue weighted by atomic mass is 10.1. The molecule has 0 bridgehead atoms. The molecule has 0 atom stereocenters. The second kappa shape index (κ2) is 9.34. The first-order chi connectivity index (χ1) is 15.5. The molecule has 4 rings (SSSR count). The monoisotopic (exact) mass is 432 g/mol. The molecule has 162 valence electrons. The van der Waals surface area contributed by atoms with Gasteiger partial charge in [0, 0.05) is 17.2 Å². The van der Waals surface area contributed by atoms with Crippen LogP contribution in [0.2, 0.25) is 0 Å². The zero-order valence-corrected chi connectivity index (χ0v) is 17.4. The summed E-state index contributed by atoms with van der Waals surface area (Å²) < 4.78 is 26.5. The number of benzene rings is 3. The van der Waals surface area contributed by atoms with Gasteiger partial charge in [0.2, 0.25) is 0 Å². The second-order valence-corrected chi connectivity index (χ2v) is 7.11. The molecule has 3 aromatic carbocycles. The Morgan fingerprint density at radius 1 is 1.03 bits per heavy atom. The van der Waals surface area contributed by atoms with E-state index < -0.39 is 12.6 Å². The molecule has 0 saturated carbocycles. The normalized spacial score (nSPS) is 10.7. The predicted molar refractivity (Wildman–Crippen MR) is 118 cm³/mol. The summed E-state index contributed by atoms with van der Waals surface area (Å²) in [6, 6.07) is 23.1. The molecule has 0 fully saturated rings. The summed E-state index contributed by atoms with van der Waals surface area (Å²) in [4.78, 5) is 11.0. The van der Waals surface area contributed by atoms with Crippen molar-refractivity contribution in [3.05, 3.63) is 90.2 Å². The number of halogens is 1. The predicted octanol–water partition coefficient (Wildman–Crippen LogP) is 4.88. The van der Waals surface area contributed by atoms with Gasteiger partial charge in [-0.1, -0.05) is 42.5 Å². The van der Waals surface area contributed by atoms with Crippen molar-refractivity contribution in [2.75, 3.05) is 13.7 Å². The first-order valence-corrected chi connectivity index (χ1v) is 9.94. The van der Waals surface area contributed by atoms with Crippen molar-refractivity contribution in [2.45, 2.75) is 6.54 Å². The fourth-order valence-corrected chi connectivity index (χ4v) is 3.41. The maximum atomic E-state index is 13.9. The lowest BCUT2D eigenvalue weighted by Crippen LogP contribution is -2.10. The van der Waals surface area contributed by atoms with Gasteiger partial charge in [-0.05, 0) is 35.9 Å². The summed E-state index contributed by atoms with van der Waals surface area (Å²) in [6.45, 7) is -0.0181. The molecule has 0 spiro atoms. The third-order valence-electron chi connectivity index (χ3n) is 4.89. The van der Waals surface area contributed by atoms with E-state index in [2.05, 4.69) is 0 Å². The first-order valence-electron chi connectivity index (χ1n) is 9.94. The molecule has 0 saturated heterocycles. The minimum Gasteiger partial charge on any atom is -0.497 e. The van der Waals surface area contributed by atoms with Crippen molar-refractivity contribution in [1.29, 1.82) is 0 Å². The third-order valence-corrected chi connectivity index (χ3v) is 4.89. The SMILES string of the molecule is COc1ccc(-c2cc(-c3cccc(F)c3)n(Cc3ccccc3)n2)c(OCC(=O)O)c1. The van der Waals surface area contributed by atoms with Crippen LogP contribution in [0.15, 0.2) is 78.9 Å². The van der Waals surface area contributed by atoms with Crippen molar-refractivity contribution in [3.8, 4) is 34.0 Å². The van der Waals surface area contributed by atoms with Crippen molar-refractivity contribution in [3.63, 3.8) is 0 Å². The van der Waals surface area contributed by atoms with E-state index in [-0.39, 0.29) is 5.82 Å². The molecule has 0 aliphatic carbocycles. The number of hydrogen-bond donors (Lipinski definition) is 1. The van der Waals surface area contributed by atoms with E-state index in [0.29, 0.717) is 34.9 Å². The molecule has 0 amide bonds. The molecule has 4 aromatic rings. The molecule has 1 aromatic heterocycles. The Morgan fingerprint density at radius 2 is 1.84 bits per heavy atom. The highest BCUT2D eigenvalue weighted by Gasteiger charge is 2.17. The van der Waals surface area contributed by atoms with E-state index >= 15 is 0 Å². The Labute approximate surface area is 184 Å². The molecular weight excluding hydrogens is 411 g/mol. The van der Waals surface area contributed by atoms with Crippen molar-refractivity contribution in [2.24, 2.45) is 0 Å². The summed E-state index contributed by atoms with van der Waals surface area (Å²) in [5.74, 6) is -0.564. The van der Waals surface area contributed by atoms with E-state index in [1.807, 2.05) is 42.5 Å². The van der Waals surface area contributed by atoms with E-state index in [1.165, 1.54) is 19.2 Å². The fraction of sp³-hybridized carbons (Fsp3) is 0.120. The zero-order valence-electron chi connectivity index (χ0n) is 17.4. The molecule has 32 heavy (non-hydrogen) atoms. The Balaban J connectivity index is 1.81. The molecular formula is C25H21FN2O4. The quantitative estimate of drug-likeness (QED) is 0.430. The van der Waals surface area contributed by atoms with Gasteiger partial charge < -0.3 is 14.6 Å². The van der Waals surface area contributed by atoms with Crippen LogP contribution < -0.4 is 9.47 Å². The molecule has 0 aliphatic rings. The van der Waals surface area contributed by atoms with Crippen LogP contribution >= 0.6 is 0 Å². The highest BCUT2D eigenvalue weighted by Crippen LogP contribution is 2.35. The van der Waals surface area contributed by atoms with Crippen molar-refractivity contribution in [1.82, 2.24) is 9.78 Å². The minimum absolute atomic E-state index is 0.335. The largest absolute Gasteiger partial charge is 0.497 e. The molecule has 1 heterocycles. The molecule has 6 nitrogen and oxygen atoms in total. The average molecular weight is 432 g/mol. The zero-order chi connectivity index (χ0) is 22.5. The van der Waals surface area contributed by atoms with E-state index in [1.54, 1.807) is 28.9 Å². The Bertz CT molecular complexity index is 1240. The number of aromatic nitrogens is 2. The van der Waals surface area contributed by atoms with Gasteiger partial charge >= 0.3 is 5.97 Å². The summed E-state index contributed by atoms with van der Waals surface area (Å²) >= 11 is 0. The highest BCUT2D eigenvalue weighted by molar-refractivity contribution is 5.75. The number of methoxy groups -OCH3 is 1. The number of nitrogens with zero attached hydrogens (tertiary/aromatic N) is 2.